The van der Waals surface area contributed by atoms with Gasteiger partial charge in [-0.2, -0.15) is 0 Å². The molecule has 0 aromatic heterocycles. The third-order valence-electron chi connectivity index (χ3n) is 6.88. The lowest BCUT2D eigenvalue weighted by molar-refractivity contribution is -0.0696. The maximum atomic E-state index is 5.97. The molecule has 118 valence electrons. The smallest absolute Gasteiger partial charge is 0.117 e. The van der Waals surface area contributed by atoms with Crippen molar-refractivity contribution >= 4 is 5.84 Å². The largest absolute Gasteiger partial charge is 0.312 e. The van der Waals surface area contributed by atoms with Crippen LogP contribution in [0.5, 0.6) is 0 Å². The molecule has 0 aromatic carbocycles. The highest BCUT2D eigenvalue weighted by molar-refractivity contribution is 5.88. The fourth-order valence-corrected chi connectivity index (χ4v) is 6.72. The Bertz CT molecular complexity index is 422. The summed E-state index contributed by atoms with van der Waals surface area (Å²) in [5.41, 5.74) is 3.93. The van der Waals surface area contributed by atoms with E-state index in [4.69, 9.17) is 10.8 Å². The van der Waals surface area contributed by atoms with Crippen LogP contribution in [0.3, 0.4) is 0 Å². The Hall–Kier alpha value is -0.570. The highest BCUT2D eigenvalue weighted by Crippen LogP contribution is 2.65. The van der Waals surface area contributed by atoms with Gasteiger partial charge in [-0.25, -0.2) is 5.84 Å². The van der Waals surface area contributed by atoms with Crippen molar-refractivity contribution < 1.29 is 0 Å². The second kappa shape index (κ2) is 4.97. The molecule has 5 rings (SSSR count). The van der Waals surface area contributed by atoms with Crippen LogP contribution in [0, 0.1) is 22.7 Å². The Balaban J connectivity index is 1.62. The van der Waals surface area contributed by atoms with Crippen LogP contribution in [0.1, 0.15) is 77.6 Å². The van der Waals surface area contributed by atoms with Gasteiger partial charge in [0.25, 0.3) is 0 Å². The summed E-state index contributed by atoms with van der Waals surface area (Å²) in [6, 6.07) is 0.533. The van der Waals surface area contributed by atoms with Gasteiger partial charge in [-0.05, 0) is 68.6 Å². The van der Waals surface area contributed by atoms with E-state index < -0.39 is 0 Å². The number of amidine groups is 1. The number of hydrogen-bond acceptors (Lipinski definition) is 2. The molecule has 0 heterocycles. The van der Waals surface area contributed by atoms with E-state index in [0.717, 1.165) is 11.8 Å². The molecular weight excluding hydrogens is 258 g/mol. The van der Waals surface area contributed by atoms with Gasteiger partial charge in [0.1, 0.15) is 5.84 Å². The van der Waals surface area contributed by atoms with Crippen LogP contribution in [0.4, 0.5) is 0 Å². The number of aliphatic imine (C=N–C) groups is 1. The fraction of sp³-hybridized carbons (Fsp3) is 0.944. The summed E-state index contributed by atoms with van der Waals surface area (Å²) in [6.45, 7) is 2.52. The van der Waals surface area contributed by atoms with Gasteiger partial charge in [-0.1, -0.05) is 26.2 Å². The van der Waals surface area contributed by atoms with Gasteiger partial charge in [0.05, 0.1) is 6.04 Å². The van der Waals surface area contributed by atoms with E-state index in [1.165, 1.54) is 76.5 Å². The van der Waals surface area contributed by atoms with Crippen molar-refractivity contribution in [2.75, 3.05) is 0 Å². The normalized spacial score (nSPS) is 46.9. The molecule has 5 saturated carbocycles. The molecule has 2 atom stereocenters. The van der Waals surface area contributed by atoms with E-state index in [2.05, 4.69) is 12.3 Å². The number of nitrogens with zero attached hydrogens (tertiary/aromatic N) is 1. The average Bonchev–Trinajstić information content (AvgIpc) is 2.43. The van der Waals surface area contributed by atoms with Crippen molar-refractivity contribution in [3.05, 3.63) is 0 Å². The van der Waals surface area contributed by atoms with E-state index in [-0.39, 0.29) is 0 Å². The number of hydrogen-bond donors (Lipinski definition) is 2. The first-order chi connectivity index (χ1) is 10.1. The summed E-state index contributed by atoms with van der Waals surface area (Å²) in [4.78, 5) is 5.16. The van der Waals surface area contributed by atoms with Gasteiger partial charge in [0.2, 0.25) is 0 Å². The molecule has 3 N–H and O–H groups in total. The second-order valence-corrected chi connectivity index (χ2v) is 8.97. The highest BCUT2D eigenvalue weighted by Gasteiger charge is 2.57. The molecule has 0 saturated heterocycles. The average molecular weight is 289 g/mol. The zero-order valence-corrected chi connectivity index (χ0v) is 13.5. The van der Waals surface area contributed by atoms with Crippen LogP contribution in [-0.2, 0) is 0 Å². The van der Waals surface area contributed by atoms with Crippen LogP contribution >= 0.6 is 0 Å². The van der Waals surface area contributed by atoms with Crippen LogP contribution in [0.15, 0.2) is 4.99 Å². The lowest BCUT2D eigenvalue weighted by Gasteiger charge is -2.61. The molecule has 0 radical (unpaired) electrons. The van der Waals surface area contributed by atoms with Crippen LogP contribution in [-0.4, -0.2) is 11.9 Å². The first-order valence-electron chi connectivity index (χ1n) is 9.16. The van der Waals surface area contributed by atoms with Crippen molar-refractivity contribution in [3.8, 4) is 0 Å². The molecule has 3 nitrogen and oxygen atoms in total. The lowest BCUT2D eigenvalue weighted by Crippen LogP contribution is -2.58. The van der Waals surface area contributed by atoms with Gasteiger partial charge in [-0.3, -0.25) is 4.99 Å². The quantitative estimate of drug-likeness (QED) is 0.352. The van der Waals surface area contributed by atoms with Crippen molar-refractivity contribution in [1.29, 1.82) is 0 Å². The molecule has 0 aromatic rings. The SMILES string of the molecule is CC12CC3CC(C1)CC(C(=NC1CCCCC1)NN)(C3)C2. The molecule has 2 unspecified atom stereocenters. The molecule has 5 aliphatic carbocycles. The molecule has 0 spiro atoms. The van der Waals surface area contributed by atoms with Crippen LogP contribution in [0.25, 0.3) is 0 Å². The highest BCUT2D eigenvalue weighted by atomic mass is 15.3. The molecule has 21 heavy (non-hydrogen) atoms. The Morgan fingerprint density at radius 1 is 1.05 bits per heavy atom. The van der Waals surface area contributed by atoms with Crippen LogP contribution < -0.4 is 11.3 Å². The minimum absolute atomic E-state index is 0.297. The summed E-state index contributed by atoms with van der Waals surface area (Å²) in [5, 5.41) is 0. The second-order valence-electron chi connectivity index (χ2n) is 8.97. The monoisotopic (exact) mass is 289 g/mol. The van der Waals surface area contributed by atoms with Crippen molar-refractivity contribution in [3.63, 3.8) is 0 Å². The molecule has 5 fully saturated rings. The van der Waals surface area contributed by atoms with Gasteiger partial charge in [0.15, 0.2) is 0 Å². The first kappa shape index (κ1) is 14.0. The van der Waals surface area contributed by atoms with Gasteiger partial charge in [-0.15, -0.1) is 0 Å². The Kier molecular flexibility index (Phi) is 3.33. The van der Waals surface area contributed by atoms with E-state index in [1.807, 2.05) is 0 Å². The molecule has 3 heteroatoms. The Morgan fingerprint density at radius 2 is 1.71 bits per heavy atom. The maximum Gasteiger partial charge on any atom is 0.117 e. The molecular formula is C18H31N3. The van der Waals surface area contributed by atoms with Gasteiger partial charge in [0, 0.05) is 5.41 Å². The molecule has 4 bridgehead atoms. The van der Waals surface area contributed by atoms with E-state index >= 15 is 0 Å². The number of hydrazine groups is 1. The third kappa shape index (κ3) is 2.42. The van der Waals surface area contributed by atoms with Gasteiger partial charge >= 0.3 is 0 Å². The number of nitrogens with one attached hydrogen (secondary N) is 1. The summed E-state index contributed by atoms with van der Waals surface area (Å²) in [6.07, 6.45) is 15.0. The molecule has 5 aliphatic rings. The van der Waals surface area contributed by atoms with Crippen LogP contribution in [0.2, 0.25) is 0 Å². The Labute approximate surface area is 129 Å². The first-order valence-corrected chi connectivity index (χ1v) is 9.16. The fourth-order valence-electron chi connectivity index (χ4n) is 6.72. The number of nitrogens with two attached hydrogens (primary N) is 1. The maximum absolute atomic E-state index is 5.97. The predicted octanol–water partition coefficient (Wildman–Crippen LogP) is 3.79. The van der Waals surface area contributed by atoms with Crippen molar-refractivity contribution in [2.45, 2.75) is 83.6 Å². The molecule has 0 aliphatic heterocycles. The summed E-state index contributed by atoms with van der Waals surface area (Å²) < 4.78 is 0. The van der Waals surface area contributed by atoms with E-state index in [0.29, 0.717) is 16.9 Å². The zero-order chi connectivity index (χ0) is 14.5. The van der Waals surface area contributed by atoms with Crippen molar-refractivity contribution in [1.82, 2.24) is 5.43 Å². The summed E-state index contributed by atoms with van der Waals surface area (Å²) in [7, 11) is 0. The minimum Gasteiger partial charge on any atom is -0.312 e. The topological polar surface area (TPSA) is 50.4 Å². The predicted molar refractivity (Wildman–Crippen MR) is 86.9 cm³/mol. The van der Waals surface area contributed by atoms with E-state index in [9.17, 15) is 0 Å². The minimum atomic E-state index is 0.297. The van der Waals surface area contributed by atoms with Crippen molar-refractivity contribution in [2.24, 2.45) is 33.5 Å². The van der Waals surface area contributed by atoms with Gasteiger partial charge < -0.3 is 5.43 Å². The zero-order valence-electron chi connectivity index (χ0n) is 13.5. The standard InChI is InChI=1S/C18H31N3/c1-17-8-13-7-14(9-17)11-18(10-13,12-17)16(21-19)20-15-5-3-2-4-6-15/h13-15H,2-12,19H2,1H3,(H,20,21). The summed E-state index contributed by atoms with van der Waals surface area (Å²) >= 11 is 0. The third-order valence-corrected chi connectivity index (χ3v) is 6.88. The number of rotatable bonds is 2. The Morgan fingerprint density at radius 3 is 2.29 bits per heavy atom. The van der Waals surface area contributed by atoms with E-state index in [1.54, 1.807) is 0 Å². The molecule has 0 amide bonds. The lowest BCUT2D eigenvalue weighted by atomic mass is 9.44. The summed E-state index contributed by atoms with van der Waals surface area (Å²) in [5.74, 6) is 9.01.